The molecule has 2 N–H and O–H groups in total. The van der Waals surface area contributed by atoms with Crippen molar-refractivity contribution in [3.63, 3.8) is 0 Å². The fraction of sp³-hybridized carbons (Fsp3) is 0.529. The van der Waals surface area contributed by atoms with E-state index in [1.807, 2.05) is 0 Å². The molecule has 0 bridgehead atoms. The number of pyridine rings is 1. The lowest BCUT2D eigenvalue weighted by Gasteiger charge is -2.33. The molecule has 6 nitrogen and oxygen atoms in total. The van der Waals surface area contributed by atoms with Crippen LogP contribution in [-0.2, 0) is 9.47 Å². The Hall–Kier alpha value is -2.33. The minimum atomic E-state index is -0.871. The highest BCUT2D eigenvalue weighted by atomic mass is 19.1. The van der Waals surface area contributed by atoms with Crippen molar-refractivity contribution in [1.29, 1.82) is 0 Å². The summed E-state index contributed by atoms with van der Waals surface area (Å²) in [6.45, 7) is 9.04. The van der Waals surface area contributed by atoms with Crippen molar-refractivity contribution >= 4 is 11.8 Å². The number of halogens is 1. The van der Waals surface area contributed by atoms with Gasteiger partial charge >= 0.3 is 6.09 Å². The van der Waals surface area contributed by atoms with E-state index in [0.717, 1.165) is 6.20 Å². The maximum atomic E-state index is 13.8. The van der Waals surface area contributed by atoms with Gasteiger partial charge in [-0.15, -0.1) is 0 Å². The van der Waals surface area contributed by atoms with Crippen LogP contribution >= 0.6 is 0 Å². The second-order valence-electron chi connectivity index (χ2n) is 6.98. The van der Waals surface area contributed by atoms with E-state index in [9.17, 15) is 9.18 Å². The number of carbonyl (C=O) groups is 1. The van der Waals surface area contributed by atoms with E-state index < -0.39 is 29.3 Å². The molecule has 7 heteroatoms. The monoisotopic (exact) mass is 335 g/mol. The van der Waals surface area contributed by atoms with Gasteiger partial charge in [0.2, 0.25) is 0 Å². The standard InChI is InChI=1S/C17H22FN3O3/c1-16(2,3)24-15(22)21-11(10-23-17(21,4)5)6-7-12-13(18)8-20-9-14(12)19/h8-9,11H,10,19H2,1-5H3/t11-/m0/s1. The molecular weight excluding hydrogens is 313 g/mol. The smallest absolute Gasteiger partial charge is 0.413 e. The maximum absolute atomic E-state index is 13.8. The number of nitrogens with two attached hydrogens (primary N) is 1. The van der Waals surface area contributed by atoms with Crippen LogP contribution in [0.5, 0.6) is 0 Å². The second kappa shape index (κ2) is 6.29. The van der Waals surface area contributed by atoms with Crippen LogP contribution in [0.15, 0.2) is 12.4 Å². The Labute approximate surface area is 141 Å². The van der Waals surface area contributed by atoms with Crippen LogP contribution in [0.4, 0.5) is 14.9 Å². The van der Waals surface area contributed by atoms with Crippen LogP contribution in [0.25, 0.3) is 0 Å². The Morgan fingerprint density at radius 3 is 2.75 bits per heavy atom. The molecule has 1 amide bonds. The number of nitrogen functional groups attached to an aromatic ring is 1. The van der Waals surface area contributed by atoms with Gasteiger partial charge in [-0.2, -0.15) is 0 Å². The predicted molar refractivity (Wildman–Crippen MR) is 87.4 cm³/mol. The third kappa shape index (κ3) is 3.95. The molecule has 1 aliphatic rings. The van der Waals surface area contributed by atoms with Crippen molar-refractivity contribution in [3.8, 4) is 11.8 Å². The summed E-state index contributed by atoms with van der Waals surface area (Å²) in [5.74, 6) is 4.94. The summed E-state index contributed by atoms with van der Waals surface area (Å²) < 4.78 is 24.8. The van der Waals surface area contributed by atoms with Crippen molar-refractivity contribution in [2.24, 2.45) is 0 Å². The number of rotatable bonds is 0. The average Bonchev–Trinajstić information content (AvgIpc) is 2.71. The molecule has 0 saturated carbocycles. The summed E-state index contributed by atoms with van der Waals surface area (Å²) >= 11 is 0. The van der Waals surface area contributed by atoms with E-state index in [-0.39, 0.29) is 17.9 Å². The summed E-state index contributed by atoms with van der Waals surface area (Å²) in [7, 11) is 0. The highest BCUT2D eigenvalue weighted by molar-refractivity contribution is 5.70. The summed E-state index contributed by atoms with van der Waals surface area (Å²) in [6.07, 6.45) is 1.84. The van der Waals surface area contributed by atoms with Gasteiger partial charge in [0.1, 0.15) is 17.4 Å². The third-order valence-electron chi connectivity index (χ3n) is 3.37. The van der Waals surface area contributed by atoms with Crippen LogP contribution < -0.4 is 5.73 Å². The van der Waals surface area contributed by atoms with Gasteiger partial charge in [-0.3, -0.25) is 9.88 Å². The highest BCUT2D eigenvalue weighted by Gasteiger charge is 2.45. The van der Waals surface area contributed by atoms with Crippen molar-refractivity contribution < 1.29 is 18.7 Å². The molecule has 0 aliphatic carbocycles. The molecule has 2 rings (SSSR count). The molecule has 24 heavy (non-hydrogen) atoms. The number of hydrogen-bond donors (Lipinski definition) is 1. The molecule has 0 spiro atoms. The van der Waals surface area contributed by atoms with Crippen LogP contribution in [0.3, 0.4) is 0 Å². The second-order valence-corrected chi connectivity index (χ2v) is 6.98. The Morgan fingerprint density at radius 2 is 2.17 bits per heavy atom. The molecule has 1 atom stereocenters. The van der Waals surface area contributed by atoms with Crippen LogP contribution in [0.2, 0.25) is 0 Å². The molecule has 130 valence electrons. The van der Waals surface area contributed by atoms with E-state index >= 15 is 0 Å². The molecule has 1 aliphatic heterocycles. The zero-order valence-corrected chi connectivity index (χ0v) is 14.5. The van der Waals surface area contributed by atoms with E-state index in [4.69, 9.17) is 15.2 Å². The lowest BCUT2D eigenvalue weighted by atomic mass is 10.1. The molecule has 0 radical (unpaired) electrons. The SMILES string of the molecule is CC(C)(C)OC(=O)N1[C@@H](C#Cc2c(N)cncc2F)COC1(C)C. The molecular formula is C17H22FN3O3. The minimum Gasteiger partial charge on any atom is -0.444 e. The van der Waals surface area contributed by atoms with E-state index in [1.165, 1.54) is 11.1 Å². The Bertz CT molecular complexity index is 681. The number of amides is 1. The van der Waals surface area contributed by atoms with Gasteiger partial charge in [0.15, 0.2) is 5.82 Å². The van der Waals surface area contributed by atoms with Gasteiger partial charge in [-0.05, 0) is 34.6 Å². The third-order valence-corrected chi connectivity index (χ3v) is 3.37. The van der Waals surface area contributed by atoms with Crippen molar-refractivity contribution in [2.75, 3.05) is 12.3 Å². The average molecular weight is 335 g/mol. The van der Waals surface area contributed by atoms with Gasteiger partial charge < -0.3 is 15.2 Å². The number of ether oxygens (including phenoxy) is 2. The van der Waals surface area contributed by atoms with Gasteiger partial charge in [0.05, 0.1) is 30.3 Å². The van der Waals surface area contributed by atoms with Gasteiger partial charge in [0.25, 0.3) is 0 Å². The van der Waals surface area contributed by atoms with E-state index in [2.05, 4.69) is 16.8 Å². The molecule has 0 unspecified atom stereocenters. The first kappa shape index (κ1) is 18.0. The predicted octanol–water partition coefficient (Wildman–Crippen LogP) is 2.53. The van der Waals surface area contributed by atoms with Crippen molar-refractivity contribution in [1.82, 2.24) is 9.88 Å². The highest BCUT2D eigenvalue weighted by Crippen LogP contribution is 2.29. The quantitative estimate of drug-likeness (QED) is 0.737. The zero-order valence-electron chi connectivity index (χ0n) is 14.5. The number of hydrogen-bond acceptors (Lipinski definition) is 5. The largest absolute Gasteiger partial charge is 0.444 e. The minimum absolute atomic E-state index is 0.0545. The summed E-state index contributed by atoms with van der Waals surface area (Å²) in [5, 5.41) is 0. The molecule has 1 fully saturated rings. The fourth-order valence-electron chi connectivity index (χ4n) is 2.30. The maximum Gasteiger partial charge on any atom is 0.413 e. The Morgan fingerprint density at radius 1 is 1.50 bits per heavy atom. The lowest BCUT2D eigenvalue weighted by molar-refractivity contribution is -0.0608. The fourth-order valence-corrected chi connectivity index (χ4v) is 2.30. The first-order valence-corrected chi connectivity index (χ1v) is 7.58. The molecule has 1 aromatic rings. The summed E-state index contributed by atoms with van der Waals surface area (Å²) in [4.78, 5) is 17.6. The first-order chi connectivity index (χ1) is 11.0. The van der Waals surface area contributed by atoms with E-state index in [1.54, 1.807) is 34.6 Å². The van der Waals surface area contributed by atoms with Crippen LogP contribution in [0, 0.1) is 17.7 Å². The Kier molecular flexibility index (Phi) is 4.72. The van der Waals surface area contributed by atoms with Crippen LogP contribution in [-0.4, -0.2) is 40.0 Å². The van der Waals surface area contributed by atoms with Gasteiger partial charge in [-0.1, -0.05) is 11.8 Å². The van der Waals surface area contributed by atoms with Gasteiger partial charge in [-0.25, -0.2) is 9.18 Å². The number of aromatic nitrogens is 1. The molecule has 1 aromatic heterocycles. The first-order valence-electron chi connectivity index (χ1n) is 7.58. The zero-order chi connectivity index (χ0) is 18.1. The summed E-state index contributed by atoms with van der Waals surface area (Å²) in [6, 6.07) is -0.568. The number of carbonyl (C=O) groups excluding carboxylic acids is 1. The van der Waals surface area contributed by atoms with E-state index in [0.29, 0.717) is 0 Å². The lowest BCUT2D eigenvalue weighted by Crippen LogP contribution is -2.49. The van der Waals surface area contributed by atoms with Crippen molar-refractivity contribution in [3.05, 3.63) is 23.8 Å². The molecule has 2 heterocycles. The topological polar surface area (TPSA) is 77.7 Å². The number of anilines is 1. The van der Waals surface area contributed by atoms with Gasteiger partial charge in [0, 0.05) is 0 Å². The summed E-state index contributed by atoms with van der Waals surface area (Å²) in [5.41, 5.74) is 4.38. The molecule has 1 saturated heterocycles. The van der Waals surface area contributed by atoms with Crippen LogP contribution in [0.1, 0.15) is 40.2 Å². The Balaban J connectivity index is 2.30. The molecule has 0 aromatic carbocycles. The normalized spacial score (nSPS) is 19.6. The van der Waals surface area contributed by atoms with Crippen molar-refractivity contribution in [2.45, 2.75) is 52.0 Å². The number of nitrogens with zero attached hydrogens (tertiary/aromatic N) is 2.